The lowest BCUT2D eigenvalue weighted by molar-refractivity contribution is -0.137. The Bertz CT molecular complexity index is 449. The van der Waals surface area contributed by atoms with E-state index in [1.165, 1.54) is 0 Å². The van der Waals surface area contributed by atoms with Crippen molar-refractivity contribution in [2.45, 2.75) is 30.6 Å². The van der Waals surface area contributed by atoms with Gasteiger partial charge >= 0.3 is 5.97 Å². The molecule has 1 atom stereocenters. The van der Waals surface area contributed by atoms with E-state index in [0.717, 1.165) is 6.42 Å². The second-order valence-corrected chi connectivity index (χ2v) is 6.21. The fraction of sp³-hybridized carbons (Fsp3) is 0.417. The van der Waals surface area contributed by atoms with Crippen molar-refractivity contribution in [2.24, 2.45) is 0 Å². The van der Waals surface area contributed by atoms with Crippen LogP contribution in [0.1, 0.15) is 25.7 Å². The number of benzene rings is 1. The van der Waals surface area contributed by atoms with Gasteiger partial charge in [-0.3, -0.25) is 9.00 Å². The van der Waals surface area contributed by atoms with Gasteiger partial charge in [0.25, 0.3) is 0 Å². The van der Waals surface area contributed by atoms with Gasteiger partial charge in [0.2, 0.25) is 0 Å². The largest absolute Gasteiger partial charge is 0.481 e. The molecule has 0 bridgehead atoms. The maximum atomic E-state index is 12.0. The number of hydrogen-bond donors (Lipinski definition) is 1. The van der Waals surface area contributed by atoms with Gasteiger partial charge in [0.1, 0.15) is 0 Å². The first kappa shape index (κ1) is 15.5. The number of halogens is 2. The van der Waals surface area contributed by atoms with Gasteiger partial charge in [0.05, 0.1) is 20.7 Å². The molecule has 0 heterocycles. The maximum Gasteiger partial charge on any atom is 0.303 e. The highest BCUT2D eigenvalue weighted by molar-refractivity contribution is 7.85. The molecule has 1 unspecified atom stereocenters. The highest BCUT2D eigenvalue weighted by Gasteiger charge is 2.09. The highest BCUT2D eigenvalue weighted by atomic mass is 35.5. The second kappa shape index (κ2) is 7.77. The molecule has 100 valence electrons. The van der Waals surface area contributed by atoms with E-state index in [1.807, 2.05) is 0 Å². The van der Waals surface area contributed by atoms with Gasteiger partial charge in [0.15, 0.2) is 0 Å². The number of hydrogen-bond acceptors (Lipinski definition) is 2. The van der Waals surface area contributed by atoms with Crippen molar-refractivity contribution in [3.63, 3.8) is 0 Å². The topological polar surface area (TPSA) is 54.4 Å². The third-order valence-electron chi connectivity index (χ3n) is 2.36. The number of carboxylic acid groups (broad SMARTS) is 1. The van der Waals surface area contributed by atoms with Crippen molar-refractivity contribution >= 4 is 40.0 Å². The Morgan fingerprint density at radius 3 is 2.61 bits per heavy atom. The molecule has 0 aliphatic carbocycles. The molecule has 3 nitrogen and oxygen atoms in total. The summed E-state index contributed by atoms with van der Waals surface area (Å²) in [5.74, 6) is -0.325. The molecule has 0 aromatic heterocycles. The second-order valence-electron chi connectivity index (χ2n) is 3.83. The van der Waals surface area contributed by atoms with Crippen molar-refractivity contribution < 1.29 is 14.1 Å². The first-order chi connectivity index (χ1) is 8.50. The molecule has 6 heteroatoms. The third-order valence-corrected chi connectivity index (χ3v) is 4.52. The molecule has 0 radical (unpaired) electrons. The predicted molar refractivity (Wildman–Crippen MR) is 73.8 cm³/mol. The molecule has 0 spiro atoms. The van der Waals surface area contributed by atoms with Crippen LogP contribution in [0.5, 0.6) is 0 Å². The molecule has 1 rings (SSSR count). The SMILES string of the molecule is O=C(O)CCCCCS(=O)c1cc(Cl)ccc1Cl. The Morgan fingerprint density at radius 1 is 1.22 bits per heavy atom. The molecule has 0 fully saturated rings. The Hall–Kier alpha value is -0.580. The van der Waals surface area contributed by atoms with Crippen molar-refractivity contribution in [2.75, 3.05) is 5.75 Å². The molecule has 0 aliphatic heterocycles. The molecule has 0 amide bonds. The fourth-order valence-electron chi connectivity index (χ4n) is 1.45. The van der Waals surface area contributed by atoms with Gasteiger partial charge in [-0.25, -0.2) is 0 Å². The van der Waals surface area contributed by atoms with Gasteiger partial charge in [-0.05, 0) is 31.0 Å². The summed E-state index contributed by atoms with van der Waals surface area (Å²) in [5.41, 5.74) is 0. The van der Waals surface area contributed by atoms with E-state index in [0.29, 0.717) is 33.5 Å². The van der Waals surface area contributed by atoms with E-state index in [9.17, 15) is 9.00 Å². The van der Waals surface area contributed by atoms with E-state index in [2.05, 4.69) is 0 Å². The molecule has 1 aromatic carbocycles. The zero-order chi connectivity index (χ0) is 13.5. The van der Waals surface area contributed by atoms with Crippen LogP contribution in [-0.2, 0) is 15.6 Å². The molecule has 0 aliphatic rings. The number of aliphatic carboxylic acids is 1. The lowest BCUT2D eigenvalue weighted by Gasteiger charge is -2.05. The lowest BCUT2D eigenvalue weighted by Crippen LogP contribution is -2.00. The van der Waals surface area contributed by atoms with Crippen LogP contribution in [0.3, 0.4) is 0 Å². The minimum atomic E-state index is -1.18. The van der Waals surface area contributed by atoms with E-state index in [-0.39, 0.29) is 6.42 Å². The third kappa shape index (κ3) is 5.38. The van der Waals surface area contributed by atoms with Crippen molar-refractivity contribution in [1.29, 1.82) is 0 Å². The summed E-state index contributed by atoms with van der Waals surface area (Å²) < 4.78 is 12.0. The lowest BCUT2D eigenvalue weighted by atomic mass is 10.2. The minimum absolute atomic E-state index is 0.157. The van der Waals surface area contributed by atoms with Crippen LogP contribution in [0.2, 0.25) is 10.0 Å². The fourth-order valence-corrected chi connectivity index (χ4v) is 3.29. The van der Waals surface area contributed by atoms with Crippen LogP contribution < -0.4 is 0 Å². The number of carboxylic acids is 1. The van der Waals surface area contributed by atoms with Crippen molar-refractivity contribution in [1.82, 2.24) is 0 Å². The minimum Gasteiger partial charge on any atom is -0.481 e. The van der Waals surface area contributed by atoms with Crippen LogP contribution in [0.4, 0.5) is 0 Å². The molecule has 1 aromatic rings. The first-order valence-corrected chi connectivity index (χ1v) is 7.63. The van der Waals surface area contributed by atoms with Crippen LogP contribution >= 0.6 is 23.2 Å². The Labute approximate surface area is 119 Å². The summed E-state index contributed by atoms with van der Waals surface area (Å²) in [6.45, 7) is 0. The van der Waals surface area contributed by atoms with Gasteiger partial charge < -0.3 is 5.11 Å². The monoisotopic (exact) mass is 308 g/mol. The quantitative estimate of drug-likeness (QED) is 0.781. The van der Waals surface area contributed by atoms with E-state index >= 15 is 0 Å². The molecule has 18 heavy (non-hydrogen) atoms. The summed E-state index contributed by atoms with van der Waals surface area (Å²) in [6.07, 6.45) is 2.22. The summed E-state index contributed by atoms with van der Waals surface area (Å²) in [4.78, 5) is 10.9. The van der Waals surface area contributed by atoms with Crippen LogP contribution in [0.25, 0.3) is 0 Å². The van der Waals surface area contributed by atoms with Crippen LogP contribution in [0.15, 0.2) is 23.1 Å². The number of carbonyl (C=O) groups is 1. The molecular formula is C12H14Cl2O3S. The first-order valence-electron chi connectivity index (χ1n) is 5.56. The molecular weight excluding hydrogens is 295 g/mol. The molecule has 1 N–H and O–H groups in total. The zero-order valence-electron chi connectivity index (χ0n) is 9.70. The Morgan fingerprint density at radius 2 is 1.94 bits per heavy atom. The Balaban J connectivity index is 2.41. The smallest absolute Gasteiger partial charge is 0.303 e. The number of unbranched alkanes of at least 4 members (excludes halogenated alkanes) is 2. The average molecular weight is 309 g/mol. The summed E-state index contributed by atoms with van der Waals surface area (Å²) in [5, 5.41) is 9.43. The zero-order valence-corrected chi connectivity index (χ0v) is 12.0. The summed E-state index contributed by atoms with van der Waals surface area (Å²) >= 11 is 11.8. The standard InChI is InChI=1S/C12H14Cl2O3S/c13-9-5-6-10(14)11(8-9)18(17)7-3-1-2-4-12(15)16/h5-6,8H,1-4,7H2,(H,15,16). The van der Waals surface area contributed by atoms with E-state index in [1.54, 1.807) is 18.2 Å². The predicted octanol–water partition coefficient (Wildman–Crippen LogP) is 3.75. The Kier molecular flexibility index (Phi) is 6.68. The van der Waals surface area contributed by atoms with E-state index in [4.69, 9.17) is 28.3 Å². The maximum absolute atomic E-state index is 12.0. The normalized spacial score (nSPS) is 12.3. The van der Waals surface area contributed by atoms with Gasteiger partial charge in [-0.1, -0.05) is 29.6 Å². The van der Waals surface area contributed by atoms with Gasteiger partial charge in [-0.2, -0.15) is 0 Å². The van der Waals surface area contributed by atoms with Crippen LogP contribution in [0, 0.1) is 0 Å². The summed E-state index contributed by atoms with van der Waals surface area (Å²) in [6, 6.07) is 4.89. The van der Waals surface area contributed by atoms with Crippen molar-refractivity contribution in [3.05, 3.63) is 28.2 Å². The summed E-state index contributed by atoms with van der Waals surface area (Å²) in [7, 11) is -1.18. The molecule has 0 saturated heterocycles. The van der Waals surface area contributed by atoms with Gasteiger partial charge in [0, 0.05) is 17.2 Å². The average Bonchev–Trinajstić information content (AvgIpc) is 2.31. The molecule has 0 saturated carbocycles. The number of rotatable bonds is 7. The van der Waals surface area contributed by atoms with Crippen LogP contribution in [-0.4, -0.2) is 21.0 Å². The van der Waals surface area contributed by atoms with Crippen molar-refractivity contribution in [3.8, 4) is 0 Å². The highest BCUT2D eigenvalue weighted by Crippen LogP contribution is 2.24. The van der Waals surface area contributed by atoms with E-state index < -0.39 is 16.8 Å². The van der Waals surface area contributed by atoms with Gasteiger partial charge in [-0.15, -0.1) is 0 Å².